The summed E-state index contributed by atoms with van der Waals surface area (Å²) in [6.07, 6.45) is 2.14. The van der Waals surface area contributed by atoms with Crippen molar-refractivity contribution in [2.75, 3.05) is 45.4 Å². The number of benzene rings is 1. The van der Waals surface area contributed by atoms with Crippen molar-refractivity contribution in [3.63, 3.8) is 0 Å². The first-order valence-electron chi connectivity index (χ1n) is 9.02. The van der Waals surface area contributed by atoms with Crippen molar-refractivity contribution in [1.29, 1.82) is 0 Å². The third-order valence-corrected chi connectivity index (χ3v) is 4.97. The van der Waals surface area contributed by atoms with Gasteiger partial charge in [-0.05, 0) is 25.5 Å². The SMILES string of the molecule is CN=C(NCCCn1c(C)nc2ccccc21)NCCOCCS(C)(=O)=O. The first kappa shape index (κ1) is 21.2. The molecule has 1 heterocycles. The number of nitrogens with one attached hydrogen (secondary N) is 2. The molecule has 0 spiro atoms. The topological polar surface area (TPSA) is 97.6 Å². The average Bonchev–Trinajstić information content (AvgIpc) is 2.94. The zero-order valence-electron chi connectivity index (χ0n) is 16.2. The van der Waals surface area contributed by atoms with Crippen LogP contribution in [0.2, 0.25) is 0 Å². The molecule has 2 rings (SSSR count). The third-order valence-electron chi connectivity index (χ3n) is 4.06. The molecule has 9 heteroatoms. The van der Waals surface area contributed by atoms with E-state index in [1.165, 1.54) is 6.26 Å². The minimum Gasteiger partial charge on any atom is -0.379 e. The highest BCUT2D eigenvalue weighted by molar-refractivity contribution is 7.90. The highest BCUT2D eigenvalue weighted by Crippen LogP contribution is 2.15. The lowest BCUT2D eigenvalue weighted by molar-refractivity contribution is 0.154. The van der Waals surface area contributed by atoms with Crippen LogP contribution in [0, 0.1) is 6.92 Å². The molecule has 8 nitrogen and oxygen atoms in total. The maximum atomic E-state index is 11.0. The summed E-state index contributed by atoms with van der Waals surface area (Å²) in [6.45, 7) is 4.89. The van der Waals surface area contributed by atoms with E-state index in [4.69, 9.17) is 4.74 Å². The first-order chi connectivity index (χ1) is 12.9. The Morgan fingerprint density at radius 2 is 1.96 bits per heavy atom. The van der Waals surface area contributed by atoms with Gasteiger partial charge in [0.1, 0.15) is 15.7 Å². The molecule has 0 aliphatic carbocycles. The number of imidazole rings is 1. The summed E-state index contributed by atoms with van der Waals surface area (Å²) < 4.78 is 29.6. The highest BCUT2D eigenvalue weighted by atomic mass is 32.2. The molecule has 0 saturated carbocycles. The Hall–Kier alpha value is -2.13. The predicted octanol–water partition coefficient (Wildman–Crippen LogP) is 0.961. The van der Waals surface area contributed by atoms with Crippen molar-refractivity contribution in [2.45, 2.75) is 19.9 Å². The van der Waals surface area contributed by atoms with Gasteiger partial charge in [0.2, 0.25) is 0 Å². The summed E-state index contributed by atoms with van der Waals surface area (Å²) >= 11 is 0. The molecule has 1 aromatic heterocycles. The third kappa shape index (κ3) is 7.18. The zero-order chi connectivity index (χ0) is 19.7. The standard InChI is InChI=1S/C18H29N5O3S/c1-15-22-16-7-4-5-8-17(16)23(15)11-6-9-20-18(19-2)21-10-12-26-13-14-27(3,24)25/h4-5,7-8H,6,9-14H2,1-3H3,(H2,19,20,21). The summed E-state index contributed by atoms with van der Waals surface area (Å²) in [5.41, 5.74) is 2.18. The zero-order valence-corrected chi connectivity index (χ0v) is 17.1. The first-order valence-corrected chi connectivity index (χ1v) is 11.1. The van der Waals surface area contributed by atoms with Gasteiger partial charge in [-0.25, -0.2) is 13.4 Å². The summed E-state index contributed by atoms with van der Waals surface area (Å²) in [4.78, 5) is 8.75. The molecular weight excluding hydrogens is 366 g/mol. The predicted molar refractivity (Wildman–Crippen MR) is 109 cm³/mol. The molecule has 2 N–H and O–H groups in total. The molecule has 0 fully saturated rings. The molecule has 150 valence electrons. The normalized spacial score (nSPS) is 12.5. The number of hydrogen-bond donors (Lipinski definition) is 2. The van der Waals surface area contributed by atoms with Gasteiger partial charge in [-0.1, -0.05) is 12.1 Å². The second-order valence-electron chi connectivity index (χ2n) is 6.32. The average molecular weight is 396 g/mol. The number of aromatic nitrogens is 2. The molecule has 0 amide bonds. The van der Waals surface area contributed by atoms with Gasteiger partial charge >= 0.3 is 0 Å². The van der Waals surface area contributed by atoms with Crippen molar-refractivity contribution in [1.82, 2.24) is 20.2 Å². The number of ether oxygens (including phenoxy) is 1. The van der Waals surface area contributed by atoms with E-state index in [-0.39, 0.29) is 12.4 Å². The van der Waals surface area contributed by atoms with Crippen molar-refractivity contribution < 1.29 is 13.2 Å². The Kier molecular flexibility index (Phi) is 8.05. The molecule has 2 aromatic rings. The number of rotatable bonds is 10. The largest absolute Gasteiger partial charge is 0.379 e. The Morgan fingerprint density at radius 1 is 1.22 bits per heavy atom. The Morgan fingerprint density at radius 3 is 2.70 bits per heavy atom. The summed E-state index contributed by atoms with van der Waals surface area (Å²) in [6, 6.07) is 8.15. The molecular formula is C18H29N5O3S. The number of aliphatic imine (C=N–C) groups is 1. The Balaban J connectivity index is 1.65. The molecule has 0 aliphatic rings. The quantitative estimate of drug-likeness (QED) is 0.353. The lowest BCUT2D eigenvalue weighted by Gasteiger charge is -2.13. The van der Waals surface area contributed by atoms with Crippen LogP contribution in [0.5, 0.6) is 0 Å². The maximum Gasteiger partial charge on any atom is 0.191 e. The van der Waals surface area contributed by atoms with Gasteiger partial charge in [0.25, 0.3) is 0 Å². The monoisotopic (exact) mass is 395 g/mol. The van der Waals surface area contributed by atoms with E-state index in [0.29, 0.717) is 19.1 Å². The van der Waals surface area contributed by atoms with Crippen LogP contribution in [0.3, 0.4) is 0 Å². The number of para-hydroxylation sites is 2. The molecule has 1 aromatic carbocycles. The molecule has 0 bridgehead atoms. The van der Waals surface area contributed by atoms with Gasteiger partial charge in [-0.2, -0.15) is 0 Å². The molecule has 0 unspecified atom stereocenters. The summed E-state index contributed by atoms with van der Waals surface area (Å²) in [5, 5.41) is 6.42. The number of hydrogen-bond acceptors (Lipinski definition) is 5. The van der Waals surface area contributed by atoms with Crippen molar-refractivity contribution in [2.24, 2.45) is 4.99 Å². The van der Waals surface area contributed by atoms with Crippen LogP contribution in [0.25, 0.3) is 11.0 Å². The van der Waals surface area contributed by atoms with Gasteiger partial charge in [0.05, 0.1) is 30.0 Å². The number of aryl methyl sites for hydroxylation is 2. The van der Waals surface area contributed by atoms with Gasteiger partial charge in [-0.3, -0.25) is 4.99 Å². The molecule has 0 saturated heterocycles. The van der Waals surface area contributed by atoms with E-state index in [9.17, 15) is 8.42 Å². The van der Waals surface area contributed by atoms with E-state index in [0.717, 1.165) is 36.4 Å². The highest BCUT2D eigenvalue weighted by Gasteiger charge is 2.06. The Bertz CT molecular complexity index is 861. The lowest BCUT2D eigenvalue weighted by Crippen LogP contribution is -2.39. The van der Waals surface area contributed by atoms with Crippen LogP contribution in [0.15, 0.2) is 29.3 Å². The fourth-order valence-corrected chi connectivity index (χ4v) is 3.12. The van der Waals surface area contributed by atoms with E-state index in [2.05, 4.69) is 31.2 Å². The van der Waals surface area contributed by atoms with Crippen LogP contribution < -0.4 is 10.6 Å². The van der Waals surface area contributed by atoms with Gasteiger partial charge in [0, 0.05) is 32.9 Å². The summed E-state index contributed by atoms with van der Waals surface area (Å²) in [5.74, 6) is 1.77. The van der Waals surface area contributed by atoms with Gasteiger partial charge in [-0.15, -0.1) is 0 Å². The smallest absolute Gasteiger partial charge is 0.191 e. The van der Waals surface area contributed by atoms with E-state index >= 15 is 0 Å². The van der Waals surface area contributed by atoms with Crippen LogP contribution >= 0.6 is 0 Å². The minimum absolute atomic E-state index is 0.0440. The molecule has 27 heavy (non-hydrogen) atoms. The van der Waals surface area contributed by atoms with Crippen LogP contribution in [-0.4, -0.2) is 69.3 Å². The summed E-state index contributed by atoms with van der Waals surface area (Å²) in [7, 11) is -1.26. The van der Waals surface area contributed by atoms with Gasteiger partial charge < -0.3 is 19.9 Å². The van der Waals surface area contributed by atoms with Crippen LogP contribution in [-0.2, 0) is 21.1 Å². The van der Waals surface area contributed by atoms with E-state index in [1.54, 1.807) is 7.05 Å². The number of nitrogens with zero attached hydrogens (tertiary/aromatic N) is 3. The van der Waals surface area contributed by atoms with E-state index in [1.807, 2.05) is 25.1 Å². The molecule has 0 aliphatic heterocycles. The maximum absolute atomic E-state index is 11.0. The van der Waals surface area contributed by atoms with Crippen molar-refractivity contribution >= 4 is 26.8 Å². The fraction of sp³-hybridized carbons (Fsp3) is 0.556. The Labute approximate surface area is 161 Å². The van der Waals surface area contributed by atoms with Gasteiger partial charge in [0.15, 0.2) is 5.96 Å². The van der Waals surface area contributed by atoms with Crippen molar-refractivity contribution in [3.05, 3.63) is 30.1 Å². The second kappa shape index (κ2) is 10.3. The number of sulfone groups is 1. The lowest BCUT2D eigenvalue weighted by atomic mass is 10.3. The van der Waals surface area contributed by atoms with E-state index < -0.39 is 9.84 Å². The number of guanidine groups is 1. The minimum atomic E-state index is -2.97. The van der Waals surface area contributed by atoms with Crippen LogP contribution in [0.4, 0.5) is 0 Å². The fourth-order valence-electron chi connectivity index (χ4n) is 2.70. The molecule has 0 atom stereocenters. The van der Waals surface area contributed by atoms with Crippen LogP contribution in [0.1, 0.15) is 12.2 Å². The van der Waals surface area contributed by atoms with Crippen molar-refractivity contribution in [3.8, 4) is 0 Å². The number of fused-ring (bicyclic) bond motifs is 1. The second-order valence-corrected chi connectivity index (χ2v) is 8.58. The molecule has 0 radical (unpaired) electrons.